The average Bonchev–Trinajstić information content (AvgIpc) is 2.63. The van der Waals surface area contributed by atoms with Gasteiger partial charge < -0.3 is 10.1 Å². The highest BCUT2D eigenvalue weighted by molar-refractivity contribution is 9.10. The van der Waals surface area contributed by atoms with Crippen molar-refractivity contribution < 1.29 is 4.74 Å². The Kier molecular flexibility index (Phi) is 6.11. The molecule has 0 bridgehead atoms. The minimum absolute atomic E-state index is 0.376. The summed E-state index contributed by atoms with van der Waals surface area (Å²) in [7, 11) is 0. The molecule has 18 heavy (non-hydrogen) atoms. The van der Waals surface area contributed by atoms with Crippen molar-refractivity contribution in [2.24, 2.45) is 0 Å². The third-order valence-electron chi connectivity index (χ3n) is 3.06. The number of rotatable bonds is 5. The maximum atomic E-state index is 5.65. The summed E-state index contributed by atoms with van der Waals surface area (Å²) >= 11 is 5.28. The van der Waals surface area contributed by atoms with Gasteiger partial charge in [-0.15, -0.1) is 11.3 Å². The van der Waals surface area contributed by atoms with Crippen LogP contribution in [0.25, 0.3) is 0 Å². The topological polar surface area (TPSA) is 24.5 Å². The van der Waals surface area contributed by atoms with E-state index in [2.05, 4.69) is 44.5 Å². The third-order valence-corrected chi connectivity index (χ3v) is 4.76. The molecule has 1 unspecified atom stereocenters. The van der Waals surface area contributed by atoms with Crippen molar-refractivity contribution in [1.82, 2.24) is 10.2 Å². The van der Waals surface area contributed by atoms with Crippen LogP contribution in [0, 0.1) is 0 Å². The molecule has 2 heterocycles. The summed E-state index contributed by atoms with van der Waals surface area (Å²) in [5, 5.41) is 5.63. The van der Waals surface area contributed by atoms with Gasteiger partial charge >= 0.3 is 0 Å². The normalized spacial score (nSPS) is 22.0. The SMILES string of the molecule is CC1CN(CCNCc2cc(Br)cs2)CCCO1. The lowest BCUT2D eigenvalue weighted by molar-refractivity contribution is 0.0679. The Bertz CT molecular complexity index is 359. The second-order valence-corrected chi connectivity index (χ2v) is 6.66. The molecule has 0 radical (unpaired) electrons. The van der Waals surface area contributed by atoms with Gasteiger partial charge in [-0.25, -0.2) is 0 Å². The molecule has 1 aromatic rings. The second-order valence-electron chi connectivity index (χ2n) is 4.74. The zero-order valence-electron chi connectivity index (χ0n) is 10.8. The molecule has 1 aliphatic heterocycles. The number of thiophene rings is 1. The maximum absolute atomic E-state index is 5.65. The molecule has 1 N–H and O–H groups in total. The van der Waals surface area contributed by atoms with Gasteiger partial charge in [0.05, 0.1) is 6.10 Å². The number of hydrogen-bond acceptors (Lipinski definition) is 4. The van der Waals surface area contributed by atoms with E-state index >= 15 is 0 Å². The monoisotopic (exact) mass is 332 g/mol. The highest BCUT2D eigenvalue weighted by Gasteiger charge is 2.13. The molecule has 5 heteroatoms. The number of hydrogen-bond donors (Lipinski definition) is 1. The first kappa shape index (κ1) is 14.5. The predicted molar refractivity (Wildman–Crippen MR) is 80.2 cm³/mol. The molecular formula is C13H21BrN2OS. The van der Waals surface area contributed by atoms with E-state index in [0.717, 1.165) is 45.8 Å². The van der Waals surface area contributed by atoms with Crippen molar-refractivity contribution in [2.75, 3.05) is 32.8 Å². The van der Waals surface area contributed by atoms with Gasteiger partial charge in [-0.2, -0.15) is 0 Å². The molecule has 102 valence electrons. The Hall–Kier alpha value is 0.0600. The van der Waals surface area contributed by atoms with E-state index in [1.54, 1.807) is 11.3 Å². The third kappa shape index (κ3) is 4.97. The summed E-state index contributed by atoms with van der Waals surface area (Å²) in [6.07, 6.45) is 1.53. The molecule has 1 atom stereocenters. The van der Waals surface area contributed by atoms with Gasteiger partial charge in [0.25, 0.3) is 0 Å². The largest absolute Gasteiger partial charge is 0.377 e. The quantitative estimate of drug-likeness (QED) is 0.839. The first-order valence-corrected chi connectivity index (χ1v) is 8.19. The molecule has 1 fully saturated rings. The summed E-state index contributed by atoms with van der Waals surface area (Å²) in [6, 6.07) is 2.18. The van der Waals surface area contributed by atoms with Crippen LogP contribution in [0.5, 0.6) is 0 Å². The Morgan fingerprint density at radius 3 is 3.28 bits per heavy atom. The van der Waals surface area contributed by atoms with Crippen LogP contribution in [0.2, 0.25) is 0 Å². The lowest BCUT2D eigenvalue weighted by Crippen LogP contribution is -2.35. The molecule has 0 amide bonds. The summed E-state index contributed by atoms with van der Waals surface area (Å²) < 4.78 is 6.83. The molecule has 3 nitrogen and oxygen atoms in total. The van der Waals surface area contributed by atoms with E-state index in [9.17, 15) is 0 Å². The van der Waals surface area contributed by atoms with E-state index < -0.39 is 0 Å². The van der Waals surface area contributed by atoms with Gasteiger partial charge in [0, 0.05) is 54.1 Å². The molecule has 1 aromatic heterocycles. The molecule has 0 saturated carbocycles. The van der Waals surface area contributed by atoms with Crippen molar-refractivity contribution >= 4 is 27.3 Å². The highest BCUT2D eigenvalue weighted by atomic mass is 79.9. The maximum Gasteiger partial charge on any atom is 0.0673 e. The zero-order chi connectivity index (χ0) is 12.8. The second kappa shape index (κ2) is 7.60. The number of halogens is 1. The first-order chi connectivity index (χ1) is 8.74. The van der Waals surface area contributed by atoms with Gasteiger partial charge in [0.2, 0.25) is 0 Å². The van der Waals surface area contributed by atoms with Crippen LogP contribution in [0.1, 0.15) is 18.2 Å². The Morgan fingerprint density at radius 2 is 2.50 bits per heavy atom. The van der Waals surface area contributed by atoms with E-state index in [1.807, 2.05) is 0 Å². The van der Waals surface area contributed by atoms with Crippen molar-refractivity contribution in [2.45, 2.75) is 26.0 Å². The van der Waals surface area contributed by atoms with Gasteiger partial charge in [0.15, 0.2) is 0 Å². The van der Waals surface area contributed by atoms with E-state index in [4.69, 9.17) is 4.74 Å². The van der Waals surface area contributed by atoms with Crippen LogP contribution in [-0.4, -0.2) is 43.8 Å². The lowest BCUT2D eigenvalue weighted by Gasteiger charge is -2.21. The number of nitrogens with one attached hydrogen (secondary N) is 1. The van der Waals surface area contributed by atoms with Gasteiger partial charge in [-0.1, -0.05) is 0 Å². The van der Waals surface area contributed by atoms with E-state index in [1.165, 1.54) is 9.35 Å². The highest BCUT2D eigenvalue weighted by Crippen LogP contribution is 2.19. The van der Waals surface area contributed by atoms with Crippen LogP contribution in [0.15, 0.2) is 15.9 Å². The Morgan fingerprint density at radius 1 is 1.61 bits per heavy atom. The number of ether oxygens (including phenoxy) is 1. The Labute approximate surface area is 122 Å². The van der Waals surface area contributed by atoms with E-state index in [-0.39, 0.29) is 0 Å². The summed E-state index contributed by atoms with van der Waals surface area (Å²) in [6.45, 7) is 8.42. The molecule has 1 saturated heterocycles. The molecule has 0 spiro atoms. The molecule has 1 aliphatic rings. The Balaban J connectivity index is 1.62. The predicted octanol–water partition coefficient (Wildman–Crippen LogP) is 2.71. The van der Waals surface area contributed by atoms with Crippen LogP contribution in [0.4, 0.5) is 0 Å². The minimum atomic E-state index is 0.376. The van der Waals surface area contributed by atoms with E-state index in [0.29, 0.717) is 6.10 Å². The fraction of sp³-hybridized carbons (Fsp3) is 0.692. The summed E-state index contributed by atoms with van der Waals surface area (Å²) in [4.78, 5) is 3.88. The smallest absolute Gasteiger partial charge is 0.0673 e. The molecule has 0 aliphatic carbocycles. The van der Waals surface area contributed by atoms with Crippen molar-refractivity contribution in [3.63, 3.8) is 0 Å². The first-order valence-electron chi connectivity index (χ1n) is 6.51. The van der Waals surface area contributed by atoms with Crippen molar-refractivity contribution in [1.29, 1.82) is 0 Å². The fourth-order valence-electron chi connectivity index (χ4n) is 2.18. The van der Waals surface area contributed by atoms with Gasteiger partial charge in [0.1, 0.15) is 0 Å². The summed E-state index contributed by atoms with van der Waals surface area (Å²) in [5.74, 6) is 0. The minimum Gasteiger partial charge on any atom is -0.377 e. The van der Waals surface area contributed by atoms with Gasteiger partial charge in [-0.05, 0) is 35.3 Å². The fourth-order valence-corrected chi connectivity index (χ4v) is 3.60. The van der Waals surface area contributed by atoms with Crippen molar-refractivity contribution in [3.8, 4) is 0 Å². The van der Waals surface area contributed by atoms with Crippen LogP contribution < -0.4 is 5.32 Å². The average molecular weight is 333 g/mol. The standard InChI is InChI=1S/C13H21BrN2OS/c1-11-9-16(4-2-6-17-11)5-3-15-8-13-7-12(14)10-18-13/h7,10-11,15H,2-6,8-9H2,1H3. The van der Waals surface area contributed by atoms with Crippen LogP contribution >= 0.6 is 27.3 Å². The zero-order valence-corrected chi connectivity index (χ0v) is 13.2. The van der Waals surface area contributed by atoms with Crippen LogP contribution in [0.3, 0.4) is 0 Å². The molecule has 0 aromatic carbocycles. The van der Waals surface area contributed by atoms with Gasteiger partial charge in [-0.3, -0.25) is 4.90 Å². The number of nitrogens with zero attached hydrogens (tertiary/aromatic N) is 1. The molecular weight excluding hydrogens is 312 g/mol. The summed E-state index contributed by atoms with van der Waals surface area (Å²) in [5.41, 5.74) is 0. The van der Waals surface area contributed by atoms with Crippen molar-refractivity contribution in [3.05, 3.63) is 20.8 Å². The lowest BCUT2D eigenvalue weighted by atomic mass is 10.3. The van der Waals surface area contributed by atoms with Crippen LogP contribution in [-0.2, 0) is 11.3 Å². The molecule has 2 rings (SSSR count).